The summed E-state index contributed by atoms with van der Waals surface area (Å²) in [5, 5.41) is 9.38. The molecule has 0 fully saturated rings. The second-order valence-corrected chi connectivity index (χ2v) is 5.10. The lowest BCUT2D eigenvalue weighted by atomic mass is 10.2. The summed E-state index contributed by atoms with van der Waals surface area (Å²) in [7, 11) is 0. The van der Waals surface area contributed by atoms with Crippen LogP contribution in [0.1, 0.15) is 17.3 Å². The monoisotopic (exact) mass is 282 g/mol. The maximum absolute atomic E-state index is 12.1. The third-order valence-corrected chi connectivity index (χ3v) is 3.32. The van der Waals surface area contributed by atoms with E-state index in [0.29, 0.717) is 16.5 Å². The summed E-state index contributed by atoms with van der Waals surface area (Å²) < 4.78 is 0. The van der Waals surface area contributed by atoms with E-state index >= 15 is 0 Å². The van der Waals surface area contributed by atoms with Crippen LogP contribution in [0, 0.1) is 0 Å². The van der Waals surface area contributed by atoms with Crippen LogP contribution in [0.5, 0.6) is 0 Å². The number of aromatic amines is 1. The minimum absolute atomic E-state index is 0.259. The summed E-state index contributed by atoms with van der Waals surface area (Å²) in [6.07, 6.45) is 1.33. The van der Waals surface area contributed by atoms with Crippen molar-refractivity contribution in [2.24, 2.45) is 0 Å². The van der Waals surface area contributed by atoms with Crippen LogP contribution in [0.2, 0.25) is 5.02 Å². The Labute approximate surface area is 113 Å². The first-order valence-corrected chi connectivity index (χ1v) is 6.66. The highest BCUT2D eigenvalue weighted by molar-refractivity contribution is 7.99. The maximum atomic E-state index is 12.1. The molecule has 0 saturated heterocycles. The molecule has 7 heteroatoms. The van der Waals surface area contributed by atoms with Crippen molar-refractivity contribution in [3.8, 4) is 0 Å². The van der Waals surface area contributed by atoms with E-state index in [4.69, 9.17) is 11.6 Å². The van der Waals surface area contributed by atoms with Gasteiger partial charge in [-0.15, -0.1) is 11.8 Å². The Morgan fingerprint density at radius 1 is 1.56 bits per heavy atom. The first-order valence-electron chi connectivity index (χ1n) is 5.29. The number of carbonyl (C=O) groups is 1. The number of nitrogens with one attached hydrogen (secondary N) is 2. The molecule has 0 spiro atoms. The van der Waals surface area contributed by atoms with E-state index in [0.717, 1.165) is 10.6 Å². The molecule has 1 aromatic carbocycles. The smallest absolute Gasteiger partial charge is 0.259 e. The molecule has 0 unspecified atom stereocenters. The molecule has 0 atom stereocenters. The topological polar surface area (TPSA) is 70.7 Å². The van der Waals surface area contributed by atoms with Crippen LogP contribution < -0.4 is 5.32 Å². The standard InChI is InChI=1S/C11H11ClN4OS/c1-2-18-9-4-3-7(12)5-8(9)10(17)15-11-13-6-14-16-11/h3-6H,2H2,1H3,(H2,13,14,15,16,17). The summed E-state index contributed by atoms with van der Waals surface area (Å²) in [5.74, 6) is 0.933. The minimum Gasteiger partial charge on any atom is -0.291 e. The van der Waals surface area contributed by atoms with Crippen LogP contribution >= 0.6 is 23.4 Å². The van der Waals surface area contributed by atoms with Crippen LogP contribution in [0.25, 0.3) is 0 Å². The molecule has 2 aromatic rings. The maximum Gasteiger partial charge on any atom is 0.259 e. The average Bonchev–Trinajstić information content (AvgIpc) is 2.84. The first kappa shape index (κ1) is 12.9. The van der Waals surface area contributed by atoms with Gasteiger partial charge in [-0.3, -0.25) is 10.1 Å². The van der Waals surface area contributed by atoms with Gasteiger partial charge in [-0.05, 0) is 24.0 Å². The SMILES string of the molecule is CCSc1ccc(Cl)cc1C(=O)Nc1ncn[nH]1. The molecular weight excluding hydrogens is 272 g/mol. The molecule has 0 aliphatic rings. The molecule has 1 amide bonds. The Kier molecular flexibility index (Phi) is 4.22. The lowest BCUT2D eigenvalue weighted by molar-refractivity contribution is 0.102. The number of aromatic nitrogens is 3. The Hall–Kier alpha value is -1.53. The van der Waals surface area contributed by atoms with Crippen LogP contribution in [0.15, 0.2) is 29.4 Å². The van der Waals surface area contributed by atoms with E-state index < -0.39 is 0 Å². The fourth-order valence-electron chi connectivity index (χ4n) is 1.40. The second-order valence-electron chi connectivity index (χ2n) is 3.36. The van der Waals surface area contributed by atoms with Gasteiger partial charge in [0.2, 0.25) is 5.95 Å². The lowest BCUT2D eigenvalue weighted by Gasteiger charge is -2.08. The van der Waals surface area contributed by atoms with Gasteiger partial charge in [0.15, 0.2) is 0 Å². The predicted molar refractivity (Wildman–Crippen MR) is 72.2 cm³/mol. The third kappa shape index (κ3) is 3.02. The lowest BCUT2D eigenvalue weighted by Crippen LogP contribution is -2.14. The van der Waals surface area contributed by atoms with Crippen molar-refractivity contribution >= 4 is 35.2 Å². The van der Waals surface area contributed by atoms with E-state index in [1.807, 2.05) is 13.0 Å². The Morgan fingerprint density at radius 3 is 3.06 bits per heavy atom. The minimum atomic E-state index is -0.259. The number of hydrogen-bond acceptors (Lipinski definition) is 4. The van der Waals surface area contributed by atoms with Crippen molar-refractivity contribution < 1.29 is 4.79 Å². The zero-order valence-electron chi connectivity index (χ0n) is 9.61. The van der Waals surface area contributed by atoms with Crippen LogP contribution in [0.4, 0.5) is 5.95 Å². The van der Waals surface area contributed by atoms with E-state index in [1.54, 1.807) is 23.9 Å². The number of halogens is 1. The number of carbonyl (C=O) groups excluding carboxylic acids is 1. The van der Waals surface area contributed by atoms with Gasteiger partial charge in [0.25, 0.3) is 5.91 Å². The highest BCUT2D eigenvalue weighted by atomic mass is 35.5. The van der Waals surface area contributed by atoms with E-state index in [1.165, 1.54) is 6.33 Å². The Balaban J connectivity index is 2.25. The first-order chi connectivity index (χ1) is 8.70. The molecule has 0 saturated carbocycles. The van der Waals surface area contributed by atoms with Crippen LogP contribution in [-0.2, 0) is 0 Å². The Morgan fingerprint density at radius 2 is 2.39 bits per heavy atom. The number of benzene rings is 1. The summed E-state index contributed by atoms with van der Waals surface area (Å²) in [6, 6.07) is 5.25. The highest BCUT2D eigenvalue weighted by Gasteiger charge is 2.13. The van der Waals surface area contributed by atoms with Crippen LogP contribution in [0.3, 0.4) is 0 Å². The molecule has 18 heavy (non-hydrogen) atoms. The molecule has 2 rings (SSSR count). The number of nitrogens with zero attached hydrogens (tertiary/aromatic N) is 2. The van der Waals surface area contributed by atoms with Gasteiger partial charge in [-0.2, -0.15) is 10.1 Å². The van der Waals surface area contributed by atoms with Gasteiger partial charge in [0.05, 0.1) is 5.56 Å². The quantitative estimate of drug-likeness (QED) is 0.846. The largest absolute Gasteiger partial charge is 0.291 e. The number of H-pyrrole nitrogens is 1. The number of anilines is 1. The average molecular weight is 283 g/mol. The van der Waals surface area contributed by atoms with Gasteiger partial charge >= 0.3 is 0 Å². The summed E-state index contributed by atoms with van der Waals surface area (Å²) in [6.45, 7) is 2.03. The third-order valence-electron chi connectivity index (χ3n) is 2.13. The van der Waals surface area contributed by atoms with Crippen molar-refractivity contribution in [2.45, 2.75) is 11.8 Å². The van der Waals surface area contributed by atoms with Gasteiger partial charge in [-0.1, -0.05) is 18.5 Å². The zero-order valence-corrected chi connectivity index (χ0v) is 11.2. The molecule has 5 nitrogen and oxygen atoms in total. The van der Waals surface area contributed by atoms with Crippen molar-refractivity contribution in [1.82, 2.24) is 15.2 Å². The molecule has 1 heterocycles. The molecule has 2 N–H and O–H groups in total. The fourth-order valence-corrected chi connectivity index (χ4v) is 2.36. The number of hydrogen-bond donors (Lipinski definition) is 2. The van der Waals surface area contributed by atoms with Gasteiger partial charge in [0, 0.05) is 9.92 Å². The predicted octanol–water partition coefficient (Wildman–Crippen LogP) is 2.82. The van der Waals surface area contributed by atoms with Gasteiger partial charge in [-0.25, -0.2) is 5.10 Å². The van der Waals surface area contributed by atoms with Gasteiger partial charge < -0.3 is 0 Å². The van der Waals surface area contributed by atoms with E-state index in [-0.39, 0.29) is 5.91 Å². The highest BCUT2D eigenvalue weighted by Crippen LogP contribution is 2.26. The number of amides is 1. The van der Waals surface area contributed by atoms with Crippen molar-refractivity contribution in [3.05, 3.63) is 35.1 Å². The van der Waals surface area contributed by atoms with Crippen molar-refractivity contribution in [1.29, 1.82) is 0 Å². The zero-order chi connectivity index (χ0) is 13.0. The summed E-state index contributed by atoms with van der Waals surface area (Å²) in [4.78, 5) is 16.8. The molecule has 0 aliphatic heterocycles. The molecule has 94 valence electrons. The Bertz CT molecular complexity index is 544. The normalized spacial score (nSPS) is 10.3. The van der Waals surface area contributed by atoms with Crippen molar-refractivity contribution in [2.75, 3.05) is 11.1 Å². The molecule has 0 radical (unpaired) electrons. The molecule has 0 aliphatic carbocycles. The number of thioether (sulfide) groups is 1. The fraction of sp³-hybridized carbons (Fsp3) is 0.182. The molecule has 1 aromatic heterocycles. The van der Waals surface area contributed by atoms with Crippen molar-refractivity contribution in [3.63, 3.8) is 0 Å². The van der Waals surface area contributed by atoms with Gasteiger partial charge in [0.1, 0.15) is 6.33 Å². The number of rotatable bonds is 4. The van der Waals surface area contributed by atoms with Crippen LogP contribution in [-0.4, -0.2) is 26.8 Å². The molecular formula is C11H11ClN4OS. The molecule has 0 bridgehead atoms. The summed E-state index contributed by atoms with van der Waals surface area (Å²) >= 11 is 7.50. The van der Waals surface area contributed by atoms with E-state index in [2.05, 4.69) is 20.5 Å². The second kappa shape index (κ2) is 5.88. The van der Waals surface area contributed by atoms with E-state index in [9.17, 15) is 4.79 Å². The summed E-state index contributed by atoms with van der Waals surface area (Å²) in [5.41, 5.74) is 0.533.